The van der Waals surface area contributed by atoms with Crippen LogP contribution in [-0.4, -0.2) is 95.1 Å². The number of hydrogen-bond acceptors (Lipinski definition) is 9. The lowest BCUT2D eigenvalue weighted by Gasteiger charge is -2.39. The molecule has 13 nitrogen and oxygen atoms in total. The van der Waals surface area contributed by atoms with Crippen LogP contribution < -0.4 is 20.4 Å². The predicted molar refractivity (Wildman–Crippen MR) is 192 cm³/mol. The maximum Gasteiger partial charge on any atom is 0.264 e. The maximum atomic E-state index is 13.7. The number of hydrogen-bond donors (Lipinski definition) is 3. The van der Waals surface area contributed by atoms with Gasteiger partial charge in [0.15, 0.2) is 0 Å². The summed E-state index contributed by atoms with van der Waals surface area (Å²) < 4.78 is 0. The SMILES string of the molecule is CN(c1ccccc1C(=O)Nc1cc2[nH]c([C@H]3CCCN3C)cc2cn1)C1CCN(c2cccc3c2C(=O)N(C2CCC(=O)NC2=O)C3=O)CC1. The first-order valence-electron chi connectivity index (χ1n) is 17.6. The van der Waals surface area contributed by atoms with Crippen LogP contribution in [0.15, 0.2) is 60.8 Å². The Balaban J connectivity index is 0.949. The summed E-state index contributed by atoms with van der Waals surface area (Å²) in [6.07, 6.45) is 5.77. The third-order valence-corrected chi connectivity index (χ3v) is 11.0. The minimum atomic E-state index is -1.01. The molecule has 0 bridgehead atoms. The van der Waals surface area contributed by atoms with Gasteiger partial charge < -0.3 is 20.1 Å². The summed E-state index contributed by atoms with van der Waals surface area (Å²) in [6, 6.07) is 16.3. The molecule has 1 unspecified atom stereocenters. The van der Waals surface area contributed by atoms with Crippen molar-refractivity contribution in [3.05, 3.63) is 83.2 Å². The number of likely N-dealkylation sites (tertiary alicyclic amines) is 1. The molecule has 4 aliphatic rings. The van der Waals surface area contributed by atoms with Gasteiger partial charge in [0.05, 0.1) is 27.9 Å². The summed E-state index contributed by atoms with van der Waals surface area (Å²) in [5, 5.41) is 6.27. The maximum absolute atomic E-state index is 13.7. The first-order valence-corrected chi connectivity index (χ1v) is 17.6. The van der Waals surface area contributed by atoms with Gasteiger partial charge in [-0.05, 0) is 76.0 Å². The lowest BCUT2D eigenvalue weighted by Crippen LogP contribution is -2.54. The topological polar surface area (TPSA) is 151 Å². The third-order valence-electron chi connectivity index (χ3n) is 11.0. The van der Waals surface area contributed by atoms with Crippen LogP contribution in [0.1, 0.15) is 81.3 Å². The van der Waals surface area contributed by atoms with Crippen LogP contribution in [0.3, 0.4) is 0 Å². The minimum absolute atomic E-state index is 0.0713. The van der Waals surface area contributed by atoms with Gasteiger partial charge in [0.2, 0.25) is 11.8 Å². The van der Waals surface area contributed by atoms with Crippen molar-refractivity contribution in [3.8, 4) is 0 Å². The number of nitrogens with one attached hydrogen (secondary N) is 3. The van der Waals surface area contributed by atoms with Gasteiger partial charge in [-0.25, -0.2) is 4.98 Å². The average Bonchev–Trinajstić information content (AvgIpc) is 3.83. The van der Waals surface area contributed by atoms with Gasteiger partial charge in [-0.15, -0.1) is 0 Å². The van der Waals surface area contributed by atoms with E-state index < -0.39 is 29.7 Å². The molecule has 3 fully saturated rings. The Hall–Kier alpha value is -5.56. The van der Waals surface area contributed by atoms with Gasteiger partial charge in [-0.3, -0.25) is 39.1 Å². The van der Waals surface area contributed by atoms with E-state index in [0.29, 0.717) is 41.8 Å². The first kappa shape index (κ1) is 32.6. The molecule has 4 aromatic rings. The summed E-state index contributed by atoms with van der Waals surface area (Å²) in [5.74, 6) is -1.82. The molecule has 2 aromatic heterocycles. The van der Waals surface area contributed by atoms with Crippen molar-refractivity contribution >= 4 is 57.6 Å². The fraction of sp³-hybridized carbons (Fsp3) is 0.368. The van der Waals surface area contributed by atoms with E-state index in [4.69, 9.17) is 0 Å². The molecule has 6 heterocycles. The molecule has 0 radical (unpaired) electrons. The molecule has 2 atom stereocenters. The summed E-state index contributed by atoms with van der Waals surface area (Å²) in [6.45, 7) is 2.33. The number of imide groups is 2. The number of aromatic nitrogens is 2. The second-order valence-electron chi connectivity index (χ2n) is 14.0. The molecular weight excluding hydrogens is 648 g/mol. The zero-order chi connectivity index (χ0) is 35.4. The van der Waals surface area contributed by atoms with E-state index in [1.807, 2.05) is 43.4 Å². The Bertz CT molecular complexity index is 2090. The van der Waals surface area contributed by atoms with E-state index in [9.17, 15) is 24.0 Å². The lowest BCUT2D eigenvalue weighted by molar-refractivity contribution is -0.136. The number of nitrogens with zero attached hydrogens (tertiary/aromatic N) is 5. The van der Waals surface area contributed by atoms with Crippen molar-refractivity contribution in [2.24, 2.45) is 0 Å². The van der Waals surface area contributed by atoms with Crippen LogP contribution >= 0.6 is 0 Å². The number of benzene rings is 2. The van der Waals surface area contributed by atoms with Gasteiger partial charge in [-0.2, -0.15) is 0 Å². The quantitative estimate of drug-likeness (QED) is 0.244. The fourth-order valence-electron chi connectivity index (χ4n) is 8.21. The summed E-state index contributed by atoms with van der Waals surface area (Å²) >= 11 is 0. The van der Waals surface area contributed by atoms with Crippen LogP contribution in [0.5, 0.6) is 0 Å². The second kappa shape index (κ2) is 13.0. The van der Waals surface area contributed by atoms with E-state index in [-0.39, 0.29) is 30.4 Å². The molecular formula is C38H40N8O5. The van der Waals surface area contributed by atoms with Crippen molar-refractivity contribution in [2.75, 3.05) is 48.8 Å². The van der Waals surface area contributed by atoms with E-state index in [0.717, 1.165) is 47.3 Å². The zero-order valence-electron chi connectivity index (χ0n) is 28.6. The zero-order valence-corrected chi connectivity index (χ0v) is 28.6. The van der Waals surface area contributed by atoms with Crippen LogP contribution in [0.4, 0.5) is 17.2 Å². The Labute approximate surface area is 295 Å². The molecule has 8 rings (SSSR count). The molecule has 51 heavy (non-hydrogen) atoms. The van der Waals surface area contributed by atoms with E-state index in [2.05, 4.69) is 48.4 Å². The van der Waals surface area contributed by atoms with Crippen LogP contribution in [0.25, 0.3) is 10.9 Å². The highest BCUT2D eigenvalue weighted by Crippen LogP contribution is 2.37. The largest absolute Gasteiger partial charge is 0.371 e. The fourth-order valence-corrected chi connectivity index (χ4v) is 8.21. The number of H-pyrrole nitrogens is 1. The number of para-hydroxylation sites is 1. The number of rotatable bonds is 7. The van der Waals surface area contributed by atoms with Crippen LogP contribution in [0, 0.1) is 0 Å². The number of carbonyl (C=O) groups is 5. The predicted octanol–water partition coefficient (Wildman–Crippen LogP) is 4.09. The lowest BCUT2D eigenvalue weighted by atomic mass is 9.99. The number of pyridine rings is 1. The highest BCUT2D eigenvalue weighted by Gasteiger charge is 2.46. The van der Waals surface area contributed by atoms with Crippen molar-refractivity contribution < 1.29 is 24.0 Å². The van der Waals surface area contributed by atoms with Crippen molar-refractivity contribution in [3.63, 3.8) is 0 Å². The number of fused-ring (bicyclic) bond motifs is 2. The third kappa shape index (κ3) is 5.80. The van der Waals surface area contributed by atoms with Crippen molar-refractivity contribution in [1.29, 1.82) is 0 Å². The van der Waals surface area contributed by atoms with E-state index in [1.165, 1.54) is 12.1 Å². The molecule has 3 saturated heterocycles. The number of piperidine rings is 2. The summed E-state index contributed by atoms with van der Waals surface area (Å²) in [5.41, 5.74) is 4.69. The standard InChI is InChI=1S/C38H40N8O5/c1-43-16-6-11-29(43)27-19-22-21-39-32(20-26(22)40-27)41-35(48)24-7-3-4-9-28(24)44(2)23-14-17-45(18-15-23)30-10-5-8-25-34(30)38(51)46(37(25)50)31-12-13-33(47)42-36(31)49/h3-5,7-10,19-21,23,29,31,40H,6,11-18H2,1-2H3,(H,39,41,48)(H,42,47,49)/t29-,31?/m1/s1. The summed E-state index contributed by atoms with van der Waals surface area (Å²) in [4.78, 5) is 80.7. The molecule has 262 valence electrons. The van der Waals surface area contributed by atoms with Gasteiger partial charge >= 0.3 is 0 Å². The first-order chi connectivity index (χ1) is 24.7. The normalized spacial score (nSPS) is 21.4. The van der Waals surface area contributed by atoms with E-state index in [1.54, 1.807) is 18.3 Å². The Morgan fingerprint density at radius 3 is 2.49 bits per heavy atom. The summed E-state index contributed by atoms with van der Waals surface area (Å²) in [7, 11) is 4.14. The number of carbonyl (C=O) groups excluding carboxylic acids is 5. The van der Waals surface area contributed by atoms with Crippen LogP contribution in [0.2, 0.25) is 0 Å². The highest BCUT2D eigenvalue weighted by molar-refractivity contribution is 6.25. The molecule has 0 aliphatic carbocycles. The van der Waals surface area contributed by atoms with Crippen LogP contribution in [-0.2, 0) is 9.59 Å². The van der Waals surface area contributed by atoms with E-state index >= 15 is 0 Å². The average molecular weight is 689 g/mol. The van der Waals surface area contributed by atoms with Gasteiger partial charge in [0.1, 0.15) is 11.9 Å². The van der Waals surface area contributed by atoms with Gasteiger partial charge in [-0.1, -0.05) is 18.2 Å². The second-order valence-corrected chi connectivity index (χ2v) is 14.0. The number of amides is 5. The van der Waals surface area contributed by atoms with Gasteiger partial charge in [0, 0.05) is 67.7 Å². The Kier molecular flexibility index (Phi) is 8.29. The van der Waals surface area contributed by atoms with Crippen molar-refractivity contribution in [2.45, 2.75) is 56.7 Å². The van der Waals surface area contributed by atoms with Gasteiger partial charge in [0.25, 0.3) is 17.7 Å². The molecule has 0 spiro atoms. The molecule has 4 aliphatic heterocycles. The minimum Gasteiger partial charge on any atom is -0.371 e. The molecule has 5 amide bonds. The Morgan fingerprint density at radius 2 is 1.73 bits per heavy atom. The van der Waals surface area contributed by atoms with Crippen molar-refractivity contribution in [1.82, 2.24) is 25.1 Å². The molecule has 3 N–H and O–H groups in total. The number of anilines is 3. The molecule has 0 saturated carbocycles. The smallest absolute Gasteiger partial charge is 0.264 e. The molecule has 2 aromatic carbocycles. The Morgan fingerprint density at radius 1 is 0.922 bits per heavy atom. The highest BCUT2D eigenvalue weighted by atomic mass is 16.2. The molecule has 13 heteroatoms. The monoisotopic (exact) mass is 688 g/mol. The number of aromatic amines is 1.